The lowest BCUT2D eigenvalue weighted by molar-refractivity contribution is -0.149. The van der Waals surface area contributed by atoms with E-state index >= 15 is 0 Å². The van der Waals surface area contributed by atoms with Gasteiger partial charge in [-0.3, -0.25) is 9.59 Å². The van der Waals surface area contributed by atoms with Gasteiger partial charge in [0.25, 0.3) is 0 Å². The highest BCUT2D eigenvalue weighted by Crippen LogP contribution is 2.19. The van der Waals surface area contributed by atoms with Crippen molar-refractivity contribution in [3.8, 4) is 5.75 Å². The molecule has 0 unspecified atom stereocenters. The zero-order valence-electron chi connectivity index (χ0n) is 10.8. The standard InChI is InChI=1S/C13H17N3O3/c1-15-8-13(18)16(9-12(15)17)6-7-19-11-5-3-2-4-10(11)14/h2-5H,6-9,14H2,1H3. The van der Waals surface area contributed by atoms with E-state index in [1.807, 2.05) is 12.1 Å². The second-order valence-electron chi connectivity index (χ2n) is 4.45. The summed E-state index contributed by atoms with van der Waals surface area (Å²) in [6.07, 6.45) is 0. The van der Waals surface area contributed by atoms with Crippen LogP contribution in [-0.4, -0.2) is 54.9 Å². The molecule has 1 aliphatic rings. The van der Waals surface area contributed by atoms with Crippen LogP contribution in [0.5, 0.6) is 5.75 Å². The van der Waals surface area contributed by atoms with Crippen molar-refractivity contribution in [3.05, 3.63) is 24.3 Å². The Balaban J connectivity index is 1.84. The van der Waals surface area contributed by atoms with Crippen LogP contribution in [0.4, 0.5) is 5.69 Å². The van der Waals surface area contributed by atoms with E-state index in [9.17, 15) is 9.59 Å². The summed E-state index contributed by atoms with van der Waals surface area (Å²) in [5.41, 5.74) is 6.30. The van der Waals surface area contributed by atoms with E-state index in [1.54, 1.807) is 19.2 Å². The number of likely N-dealkylation sites (N-methyl/N-ethyl adjacent to an activating group) is 1. The van der Waals surface area contributed by atoms with Crippen molar-refractivity contribution >= 4 is 17.5 Å². The Morgan fingerprint density at radius 1 is 1.21 bits per heavy atom. The molecule has 102 valence electrons. The highest BCUT2D eigenvalue weighted by Gasteiger charge is 2.26. The molecule has 1 heterocycles. The van der Waals surface area contributed by atoms with Crippen LogP contribution < -0.4 is 10.5 Å². The molecule has 0 aliphatic carbocycles. The first-order valence-electron chi connectivity index (χ1n) is 6.07. The number of nitrogens with two attached hydrogens (primary N) is 1. The number of rotatable bonds is 4. The second-order valence-corrected chi connectivity index (χ2v) is 4.45. The van der Waals surface area contributed by atoms with Crippen LogP contribution in [0, 0.1) is 0 Å². The molecule has 1 aliphatic heterocycles. The van der Waals surface area contributed by atoms with Crippen LogP contribution in [0.15, 0.2) is 24.3 Å². The molecule has 1 fully saturated rings. The Morgan fingerprint density at radius 2 is 1.95 bits per heavy atom. The maximum atomic E-state index is 11.7. The van der Waals surface area contributed by atoms with Crippen LogP contribution in [0.25, 0.3) is 0 Å². The van der Waals surface area contributed by atoms with Crippen LogP contribution in [0.2, 0.25) is 0 Å². The molecule has 0 bridgehead atoms. The van der Waals surface area contributed by atoms with E-state index in [1.165, 1.54) is 9.80 Å². The van der Waals surface area contributed by atoms with Gasteiger partial charge in [-0.25, -0.2) is 0 Å². The van der Waals surface area contributed by atoms with Crippen LogP contribution in [0.3, 0.4) is 0 Å². The molecule has 2 rings (SSSR count). The van der Waals surface area contributed by atoms with Crippen LogP contribution >= 0.6 is 0 Å². The van der Waals surface area contributed by atoms with Crippen molar-refractivity contribution in [1.29, 1.82) is 0 Å². The van der Waals surface area contributed by atoms with Crippen molar-refractivity contribution in [2.45, 2.75) is 0 Å². The summed E-state index contributed by atoms with van der Waals surface area (Å²) in [5.74, 6) is 0.473. The molecule has 19 heavy (non-hydrogen) atoms. The average molecular weight is 263 g/mol. The molecule has 2 amide bonds. The van der Waals surface area contributed by atoms with E-state index in [0.29, 0.717) is 24.6 Å². The quantitative estimate of drug-likeness (QED) is 0.773. The SMILES string of the molecule is CN1CC(=O)N(CCOc2ccccc2N)CC1=O. The lowest BCUT2D eigenvalue weighted by Crippen LogP contribution is -2.53. The Bertz CT molecular complexity index is 490. The summed E-state index contributed by atoms with van der Waals surface area (Å²) in [6, 6.07) is 7.17. The van der Waals surface area contributed by atoms with Gasteiger partial charge in [-0.15, -0.1) is 0 Å². The molecular formula is C13H17N3O3. The predicted molar refractivity (Wildman–Crippen MR) is 70.6 cm³/mol. The van der Waals surface area contributed by atoms with E-state index in [2.05, 4.69) is 0 Å². The normalized spacial score (nSPS) is 15.8. The summed E-state index contributed by atoms with van der Waals surface area (Å²) in [7, 11) is 1.62. The maximum absolute atomic E-state index is 11.7. The third-order valence-electron chi connectivity index (χ3n) is 3.01. The number of benzene rings is 1. The minimum Gasteiger partial charge on any atom is -0.490 e. The minimum atomic E-state index is -0.0632. The lowest BCUT2D eigenvalue weighted by Gasteiger charge is -2.31. The summed E-state index contributed by atoms with van der Waals surface area (Å²) >= 11 is 0. The van der Waals surface area contributed by atoms with Crippen molar-refractivity contribution in [1.82, 2.24) is 9.80 Å². The van der Waals surface area contributed by atoms with Crippen molar-refractivity contribution in [3.63, 3.8) is 0 Å². The predicted octanol–water partition coefficient (Wildman–Crippen LogP) is -0.0518. The van der Waals surface area contributed by atoms with Gasteiger partial charge in [-0.05, 0) is 12.1 Å². The number of amides is 2. The number of carbonyl (C=O) groups excluding carboxylic acids is 2. The minimum absolute atomic E-state index is 0.0566. The number of hydrogen-bond donors (Lipinski definition) is 1. The molecule has 1 aromatic rings. The van der Waals surface area contributed by atoms with E-state index in [4.69, 9.17) is 10.5 Å². The fourth-order valence-electron chi connectivity index (χ4n) is 1.84. The highest BCUT2D eigenvalue weighted by molar-refractivity contribution is 5.92. The molecule has 0 aromatic heterocycles. The molecule has 0 radical (unpaired) electrons. The first-order chi connectivity index (χ1) is 9.08. The van der Waals surface area contributed by atoms with E-state index < -0.39 is 0 Å². The van der Waals surface area contributed by atoms with Gasteiger partial charge in [0.2, 0.25) is 11.8 Å². The molecule has 0 spiro atoms. The first-order valence-corrected chi connectivity index (χ1v) is 6.07. The number of piperazine rings is 1. The fraction of sp³-hybridized carbons (Fsp3) is 0.385. The van der Waals surface area contributed by atoms with Gasteiger partial charge in [0.15, 0.2) is 0 Å². The summed E-state index contributed by atoms with van der Waals surface area (Å²) in [5, 5.41) is 0. The molecular weight excluding hydrogens is 246 g/mol. The molecule has 6 nitrogen and oxygen atoms in total. The van der Waals surface area contributed by atoms with Crippen LogP contribution in [-0.2, 0) is 9.59 Å². The Kier molecular flexibility index (Phi) is 3.89. The molecule has 0 atom stereocenters. The van der Waals surface area contributed by atoms with Gasteiger partial charge in [0.05, 0.1) is 25.3 Å². The monoisotopic (exact) mass is 263 g/mol. The van der Waals surface area contributed by atoms with Crippen molar-refractivity contribution in [2.24, 2.45) is 0 Å². The van der Waals surface area contributed by atoms with Gasteiger partial charge < -0.3 is 20.3 Å². The number of hydrogen-bond acceptors (Lipinski definition) is 4. The van der Waals surface area contributed by atoms with Gasteiger partial charge in [-0.1, -0.05) is 12.1 Å². The summed E-state index contributed by atoms with van der Waals surface area (Å²) < 4.78 is 5.51. The number of nitrogens with zero attached hydrogens (tertiary/aromatic N) is 2. The largest absolute Gasteiger partial charge is 0.490 e. The van der Waals surface area contributed by atoms with Gasteiger partial charge in [0.1, 0.15) is 12.4 Å². The Hall–Kier alpha value is -2.24. The number of nitrogen functional groups attached to an aromatic ring is 1. The van der Waals surface area contributed by atoms with Crippen molar-refractivity contribution < 1.29 is 14.3 Å². The topological polar surface area (TPSA) is 75.9 Å². The van der Waals surface area contributed by atoms with E-state index in [0.717, 1.165) is 0 Å². The maximum Gasteiger partial charge on any atom is 0.242 e. The molecule has 2 N–H and O–H groups in total. The van der Waals surface area contributed by atoms with Gasteiger partial charge in [-0.2, -0.15) is 0 Å². The third-order valence-corrected chi connectivity index (χ3v) is 3.01. The van der Waals surface area contributed by atoms with Gasteiger partial charge >= 0.3 is 0 Å². The zero-order chi connectivity index (χ0) is 13.8. The molecule has 0 saturated carbocycles. The second kappa shape index (κ2) is 5.60. The number of carbonyl (C=O) groups is 2. The third kappa shape index (κ3) is 3.15. The smallest absolute Gasteiger partial charge is 0.242 e. The lowest BCUT2D eigenvalue weighted by atomic mass is 10.3. The molecule has 1 saturated heterocycles. The zero-order valence-corrected chi connectivity index (χ0v) is 10.8. The average Bonchev–Trinajstić information content (AvgIpc) is 2.38. The molecule has 6 heteroatoms. The fourth-order valence-corrected chi connectivity index (χ4v) is 1.84. The Labute approximate surface area is 111 Å². The number of anilines is 1. The number of ether oxygens (including phenoxy) is 1. The van der Waals surface area contributed by atoms with Crippen LogP contribution in [0.1, 0.15) is 0 Å². The number of para-hydroxylation sites is 2. The summed E-state index contributed by atoms with van der Waals surface area (Å²) in [6.45, 7) is 0.943. The molecule has 1 aromatic carbocycles. The van der Waals surface area contributed by atoms with Gasteiger partial charge in [0, 0.05) is 7.05 Å². The van der Waals surface area contributed by atoms with Crippen molar-refractivity contribution in [2.75, 3.05) is 39.0 Å². The highest BCUT2D eigenvalue weighted by atomic mass is 16.5. The summed E-state index contributed by atoms with van der Waals surface area (Å²) in [4.78, 5) is 26.1. The Morgan fingerprint density at radius 3 is 2.68 bits per heavy atom. The first kappa shape index (κ1) is 13.2. The van der Waals surface area contributed by atoms with E-state index in [-0.39, 0.29) is 24.9 Å².